The van der Waals surface area contributed by atoms with Gasteiger partial charge in [-0.1, -0.05) is 50.7 Å². The monoisotopic (exact) mass is 692 g/mol. The summed E-state index contributed by atoms with van der Waals surface area (Å²) in [6, 6.07) is 13.5. The maximum Gasteiger partial charge on any atom is 0.132 e. The lowest BCUT2D eigenvalue weighted by Gasteiger charge is -2.37. The van der Waals surface area contributed by atoms with Gasteiger partial charge in [0.2, 0.25) is 0 Å². The van der Waals surface area contributed by atoms with Gasteiger partial charge in [0.05, 0.1) is 4.70 Å². The highest BCUT2D eigenvalue weighted by Gasteiger charge is 2.59. The van der Waals surface area contributed by atoms with Gasteiger partial charge in [-0.3, -0.25) is 0 Å². The molecule has 2 spiro atoms. The third-order valence-electron chi connectivity index (χ3n) is 12.4. The summed E-state index contributed by atoms with van der Waals surface area (Å²) >= 11 is 6.02. The highest BCUT2D eigenvalue weighted by molar-refractivity contribution is 7.29. The second-order valence-electron chi connectivity index (χ2n) is 14.8. The molecule has 9 rings (SSSR count). The summed E-state index contributed by atoms with van der Waals surface area (Å²) in [5, 5.41) is 38.4. The lowest BCUT2D eigenvalue weighted by molar-refractivity contribution is 0.373. The Morgan fingerprint density at radius 1 is 0.551 bits per heavy atom. The van der Waals surface area contributed by atoms with E-state index < -0.39 is 0 Å². The fourth-order valence-corrected chi connectivity index (χ4v) is 14.7. The highest BCUT2D eigenvalue weighted by Crippen LogP contribution is 2.73. The molecule has 0 atom stereocenters. The quantitative estimate of drug-likeness (QED) is 0.250. The molecule has 6 aliphatic rings. The van der Waals surface area contributed by atoms with Crippen LogP contribution in [0.25, 0.3) is 31.7 Å². The zero-order chi connectivity index (χ0) is 33.3. The van der Waals surface area contributed by atoms with Crippen LogP contribution < -0.4 is 0 Å². The number of hydrogen-bond acceptors (Lipinski definition) is 7. The average molecular weight is 693 g/mol. The first-order valence-electron chi connectivity index (χ1n) is 18.0. The van der Waals surface area contributed by atoms with Gasteiger partial charge in [-0.05, 0) is 121 Å². The second-order valence-corrected chi connectivity index (χ2v) is 17.9. The van der Waals surface area contributed by atoms with E-state index in [-0.39, 0.29) is 22.0 Å². The van der Waals surface area contributed by atoms with Crippen LogP contribution in [0, 0.1) is 45.3 Å². The lowest BCUT2D eigenvalue weighted by atomic mass is 9.67. The first kappa shape index (κ1) is 31.0. The summed E-state index contributed by atoms with van der Waals surface area (Å²) in [6.45, 7) is 0. The number of nitrogens with zero attached hydrogens (tertiary/aromatic N) is 4. The van der Waals surface area contributed by atoms with Crippen LogP contribution in [-0.2, 0) is 10.8 Å². The maximum atomic E-state index is 9.62. The van der Waals surface area contributed by atoms with Crippen molar-refractivity contribution in [2.75, 3.05) is 0 Å². The van der Waals surface area contributed by atoms with Crippen LogP contribution in [0.1, 0.15) is 133 Å². The van der Waals surface area contributed by atoms with Crippen molar-refractivity contribution in [3.05, 3.63) is 77.2 Å². The van der Waals surface area contributed by atoms with Crippen LogP contribution in [0.3, 0.4) is 0 Å². The van der Waals surface area contributed by atoms with Crippen molar-refractivity contribution in [3.8, 4) is 24.3 Å². The molecule has 242 valence electrons. The summed E-state index contributed by atoms with van der Waals surface area (Å²) < 4.78 is 2.90. The van der Waals surface area contributed by atoms with Gasteiger partial charge in [0.1, 0.15) is 35.4 Å². The number of fused-ring (bicyclic) bond motifs is 10. The molecule has 0 unspecified atom stereocenters. The molecule has 0 amide bonds. The Hall–Kier alpha value is -3.98. The van der Waals surface area contributed by atoms with Gasteiger partial charge in [0, 0.05) is 35.0 Å². The van der Waals surface area contributed by atoms with Crippen molar-refractivity contribution < 1.29 is 0 Å². The third-order valence-corrected chi connectivity index (χ3v) is 16.1. The molecule has 49 heavy (non-hydrogen) atoms. The number of thiophene rings is 3. The van der Waals surface area contributed by atoms with Crippen LogP contribution in [0.15, 0.2) is 46.6 Å². The first-order chi connectivity index (χ1) is 24.0. The SMILES string of the molecule is N#CC(C#N)=C1C=C(c2cc3c(s2)C2=C(c4sc5cc(C6=CC(=C(C#N)C#N)CCC6)sc5c4C24CCCCC4)C32CCCCC2)CCC1. The topological polar surface area (TPSA) is 95.2 Å². The Balaban J connectivity index is 1.22. The molecule has 0 aromatic carbocycles. The second kappa shape index (κ2) is 11.8. The molecule has 3 aromatic heterocycles. The van der Waals surface area contributed by atoms with E-state index in [1.807, 2.05) is 34.0 Å². The Labute approximate surface area is 300 Å². The van der Waals surface area contributed by atoms with Crippen molar-refractivity contribution in [1.29, 1.82) is 21.0 Å². The molecular formula is C42H36N4S3. The standard InChI is InChI=1S/C42H36N4S3/c43-21-29(22-44)25-9-7-11-27(17-25)32-19-31-38(47-32)35-36(41(31)13-3-1-4-14-41)40-37(42(35)15-5-2-6-16-42)39-34(49-40)20-33(48-39)28-12-8-10-26(18-28)30(23-45)24-46/h17-20H,1-16H2. The Kier molecular flexibility index (Phi) is 7.49. The van der Waals surface area contributed by atoms with E-state index in [1.165, 1.54) is 94.5 Å². The van der Waals surface area contributed by atoms with Gasteiger partial charge < -0.3 is 0 Å². The molecule has 6 aliphatic carbocycles. The molecule has 4 nitrogen and oxygen atoms in total. The molecule has 0 bridgehead atoms. The van der Waals surface area contributed by atoms with Gasteiger partial charge in [-0.25, -0.2) is 0 Å². The predicted molar refractivity (Wildman–Crippen MR) is 201 cm³/mol. The van der Waals surface area contributed by atoms with Crippen molar-refractivity contribution in [2.45, 2.75) is 114 Å². The van der Waals surface area contributed by atoms with Gasteiger partial charge in [-0.15, -0.1) is 34.0 Å². The fourth-order valence-electron chi connectivity index (χ4n) is 10.2. The zero-order valence-electron chi connectivity index (χ0n) is 27.6. The molecule has 2 saturated carbocycles. The van der Waals surface area contributed by atoms with Crippen molar-refractivity contribution in [2.24, 2.45) is 0 Å². The van der Waals surface area contributed by atoms with Crippen molar-refractivity contribution in [3.63, 3.8) is 0 Å². The van der Waals surface area contributed by atoms with E-state index in [9.17, 15) is 21.0 Å². The van der Waals surface area contributed by atoms with Crippen LogP contribution in [0.2, 0.25) is 0 Å². The van der Waals surface area contributed by atoms with E-state index >= 15 is 0 Å². The Morgan fingerprint density at radius 2 is 1.08 bits per heavy atom. The van der Waals surface area contributed by atoms with Crippen LogP contribution in [0.4, 0.5) is 0 Å². The highest BCUT2D eigenvalue weighted by atomic mass is 32.1. The van der Waals surface area contributed by atoms with E-state index in [2.05, 4.69) is 48.6 Å². The molecule has 0 N–H and O–H groups in total. The average Bonchev–Trinajstić information content (AvgIpc) is 3.93. The summed E-state index contributed by atoms with van der Waals surface area (Å²) in [4.78, 5) is 5.79. The molecule has 0 saturated heterocycles. The summed E-state index contributed by atoms with van der Waals surface area (Å²) in [6.07, 6.45) is 22.4. The minimum absolute atomic E-state index is 0.0582. The van der Waals surface area contributed by atoms with Crippen molar-refractivity contribution >= 4 is 65.7 Å². The summed E-state index contributed by atoms with van der Waals surface area (Å²) in [7, 11) is 0. The van der Waals surface area contributed by atoms with Gasteiger partial charge in [0.15, 0.2) is 0 Å². The first-order valence-corrected chi connectivity index (χ1v) is 20.5. The third kappa shape index (κ3) is 4.46. The fraction of sp³-hybridized carbons (Fsp3) is 0.429. The van der Waals surface area contributed by atoms with E-state index in [0.717, 1.165) is 49.7 Å². The molecule has 3 aromatic rings. The smallest absolute Gasteiger partial charge is 0.132 e. The van der Waals surface area contributed by atoms with Crippen molar-refractivity contribution in [1.82, 2.24) is 0 Å². The lowest BCUT2D eigenvalue weighted by Crippen LogP contribution is -2.28. The van der Waals surface area contributed by atoms with Gasteiger partial charge >= 0.3 is 0 Å². The minimum atomic E-state index is 0.0582. The molecule has 0 aliphatic heterocycles. The molecule has 7 heteroatoms. The largest absolute Gasteiger partial charge is 0.192 e. The maximum absolute atomic E-state index is 9.62. The summed E-state index contributed by atoms with van der Waals surface area (Å²) in [5.74, 6) is 0. The molecule has 0 radical (unpaired) electrons. The number of hydrogen-bond donors (Lipinski definition) is 0. The van der Waals surface area contributed by atoms with Gasteiger partial charge in [0.25, 0.3) is 0 Å². The van der Waals surface area contributed by atoms with Gasteiger partial charge in [-0.2, -0.15) is 21.0 Å². The molecular weight excluding hydrogens is 657 g/mol. The van der Waals surface area contributed by atoms with Crippen LogP contribution in [-0.4, -0.2) is 0 Å². The predicted octanol–water partition coefficient (Wildman–Crippen LogP) is 12.2. The normalized spacial score (nSPS) is 21.7. The van der Waals surface area contributed by atoms with E-state index in [0.29, 0.717) is 0 Å². The number of nitriles is 4. The van der Waals surface area contributed by atoms with Crippen LogP contribution >= 0.6 is 34.0 Å². The molecule has 2 fully saturated rings. The zero-order valence-corrected chi connectivity index (χ0v) is 30.1. The number of allylic oxidation sites excluding steroid dienone is 10. The van der Waals surface area contributed by atoms with E-state index in [4.69, 9.17) is 0 Å². The summed E-state index contributed by atoms with van der Waals surface area (Å²) in [5.41, 5.74) is 11.6. The number of rotatable bonds is 2. The van der Waals surface area contributed by atoms with E-state index in [1.54, 1.807) is 32.0 Å². The van der Waals surface area contributed by atoms with Crippen LogP contribution in [0.5, 0.6) is 0 Å². The Bertz CT molecular complexity index is 2250. The Morgan fingerprint density at radius 3 is 1.65 bits per heavy atom. The molecule has 3 heterocycles. The minimum Gasteiger partial charge on any atom is -0.192 e.